The predicted molar refractivity (Wildman–Crippen MR) is 41.6 cm³/mol. The smallest absolute Gasteiger partial charge is 0.123 e. The van der Waals surface area contributed by atoms with Gasteiger partial charge in [0.25, 0.3) is 0 Å². The molecular weight excluding hydrogens is 142 g/mol. The molecule has 11 heavy (non-hydrogen) atoms. The van der Waals surface area contributed by atoms with Crippen LogP contribution in [0.25, 0.3) is 0 Å². The fraction of sp³-hybridized carbons (Fsp3) is 0.250. The van der Waals surface area contributed by atoms with Crippen molar-refractivity contribution in [2.45, 2.75) is 6.54 Å². The SMILES string of the molecule is COc1ccccc1CNO. The van der Waals surface area contributed by atoms with Crippen LogP contribution in [0.5, 0.6) is 5.75 Å². The first-order valence-corrected chi connectivity index (χ1v) is 3.37. The maximum absolute atomic E-state index is 8.43. The summed E-state index contributed by atoms with van der Waals surface area (Å²) in [4.78, 5) is 0. The van der Waals surface area contributed by atoms with Crippen LogP contribution in [0.3, 0.4) is 0 Å². The third-order valence-electron chi connectivity index (χ3n) is 1.46. The fourth-order valence-electron chi connectivity index (χ4n) is 0.934. The lowest BCUT2D eigenvalue weighted by molar-refractivity contribution is 0.160. The van der Waals surface area contributed by atoms with Crippen molar-refractivity contribution >= 4 is 0 Å². The van der Waals surface area contributed by atoms with E-state index in [4.69, 9.17) is 9.94 Å². The lowest BCUT2D eigenvalue weighted by Gasteiger charge is -2.05. The normalized spacial score (nSPS) is 9.64. The van der Waals surface area contributed by atoms with Gasteiger partial charge in [0.15, 0.2) is 0 Å². The summed E-state index contributed by atoms with van der Waals surface area (Å²) in [6, 6.07) is 7.53. The van der Waals surface area contributed by atoms with Crippen LogP contribution >= 0.6 is 0 Å². The molecule has 0 aliphatic carbocycles. The number of hydroxylamine groups is 1. The molecule has 60 valence electrons. The van der Waals surface area contributed by atoms with Crippen LogP contribution in [0.1, 0.15) is 5.56 Å². The Labute approximate surface area is 65.6 Å². The average molecular weight is 153 g/mol. The summed E-state index contributed by atoms with van der Waals surface area (Å²) in [6.07, 6.45) is 0. The van der Waals surface area contributed by atoms with Crippen molar-refractivity contribution in [1.82, 2.24) is 5.48 Å². The van der Waals surface area contributed by atoms with E-state index in [0.717, 1.165) is 11.3 Å². The van der Waals surface area contributed by atoms with E-state index in [1.165, 1.54) is 0 Å². The zero-order valence-corrected chi connectivity index (χ0v) is 6.37. The van der Waals surface area contributed by atoms with Crippen molar-refractivity contribution < 1.29 is 9.94 Å². The molecule has 0 aromatic heterocycles. The van der Waals surface area contributed by atoms with E-state index in [-0.39, 0.29) is 0 Å². The second kappa shape index (κ2) is 3.95. The van der Waals surface area contributed by atoms with E-state index >= 15 is 0 Å². The molecule has 0 saturated heterocycles. The number of benzene rings is 1. The molecule has 0 saturated carbocycles. The maximum atomic E-state index is 8.43. The van der Waals surface area contributed by atoms with Crippen molar-refractivity contribution in [3.8, 4) is 5.75 Å². The molecule has 0 radical (unpaired) electrons. The second-order valence-electron chi connectivity index (χ2n) is 2.15. The van der Waals surface area contributed by atoms with E-state index in [1.807, 2.05) is 24.3 Å². The number of rotatable bonds is 3. The topological polar surface area (TPSA) is 41.5 Å². The Morgan fingerprint density at radius 3 is 2.82 bits per heavy atom. The average Bonchev–Trinajstić information content (AvgIpc) is 2.06. The van der Waals surface area contributed by atoms with Crippen molar-refractivity contribution in [3.05, 3.63) is 29.8 Å². The molecule has 0 aliphatic rings. The van der Waals surface area contributed by atoms with Crippen molar-refractivity contribution in [1.29, 1.82) is 0 Å². The summed E-state index contributed by atoms with van der Waals surface area (Å²) in [5, 5.41) is 8.43. The van der Waals surface area contributed by atoms with Gasteiger partial charge >= 0.3 is 0 Å². The summed E-state index contributed by atoms with van der Waals surface area (Å²) in [5.74, 6) is 0.786. The molecule has 1 aromatic carbocycles. The van der Waals surface area contributed by atoms with Gasteiger partial charge < -0.3 is 9.94 Å². The molecule has 0 atom stereocenters. The molecule has 0 unspecified atom stereocenters. The van der Waals surface area contributed by atoms with E-state index in [9.17, 15) is 0 Å². The van der Waals surface area contributed by atoms with Gasteiger partial charge in [0.2, 0.25) is 0 Å². The number of nitrogens with one attached hydrogen (secondary N) is 1. The standard InChI is InChI=1S/C8H11NO2/c1-11-8-5-3-2-4-7(8)6-9-10/h2-5,9-10H,6H2,1H3. The zero-order chi connectivity index (χ0) is 8.10. The Morgan fingerprint density at radius 2 is 2.18 bits per heavy atom. The first kappa shape index (κ1) is 8.04. The van der Waals surface area contributed by atoms with Gasteiger partial charge in [-0.05, 0) is 6.07 Å². The Hall–Kier alpha value is -1.06. The molecule has 2 N–H and O–H groups in total. The summed E-state index contributed by atoms with van der Waals surface area (Å²) in [7, 11) is 1.61. The molecule has 1 rings (SSSR count). The highest BCUT2D eigenvalue weighted by Gasteiger charge is 1.98. The minimum absolute atomic E-state index is 0.407. The lowest BCUT2D eigenvalue weighted by Crippen LogP contribution is -2.07. The molecule has 0 bridgehead atoms. The highest BCUT2D eigenvalue weighted by atomic mass is 16.5. The largest absolute Gasteiger partial charge is 0.496 e. The zero-order valence-electron chi connectivity index (χ0n) is 6.37. The van der Waals surface area contributed by atoms with E-state index in [1.54, 1.807) is 7.11 Å². The van der Waals surface area contributed by atoms with Crippen LogP contribution in [0.15, 0.2) is 24.3 Å². The number of ether oxygens (including phenoxy) is 1. The van der Waals surface area contributed by atoms with E-state index < -0.39 is 0 Å². The predicted octanol–water partition coefficient (Wildman–Crippen LogP) is 1.17. The molecule has 0 fully saturated rings. The van der Waals surface area contributed by atoms with Crippen LogP contribution < -0.4 is 10.2 Å². The van der Waals surface area contributed by atoms with Gasteiger partial charge in [-0.3, -0.25) is 0 Å². The Morgan fingerprint density at radius 1 is 1.45 bits per heavy atom. The van der Waals surface area contributed by atoms with Crippen LogP contribution in [0.2, 0.25) is 0 Å². The van der Waals surface area contributed by atoms with Gasteiger partial charge in [-0.2, -0.15) is 0 Å². The van der Waals surface area contributed by atoms with E-state index in [2.05, 4.69) is 5.48 Å². The van der Waals surface area contributed by atoms with Crippen LogP contribution in [0.4, 0.5) is 0 Å². The monoisotopic (exact) mass is 153 g/mol. The Kier molecular flexibility index (Phi) is 2.89. The number of methoxy groups -OCH3 is 1. The summed E-state index contributed by atoms with van der Waals surface area (Å²) < 4.78 is 5.05. The highest BCUT2D eigenvalue weighted by molar-refractivity contribution is 5.32. The molecule has 0 spiro atoms. The molecule has 0 aliphatic heterocycles. The molecule has 3 heteroatoms. The van der Waals surface area contributed by atoms with Crippen molar-refractivity contribution in [2.24, 2.45) is 0 Å². The quantitative estimate of drug-likeness (QED) is 0.640. The van der Waals surface area contributed by atoms with Gasteiger partial charge in [0, 0.05) is 12.1 Å². The number of para-hydroxylation sites is 1. The third-order valence-corrected chi connectivity index (χ3v) is 1.46. The maximum Gasteiger partial charge on any atom is 0.123 e. The molecule has 0 heterocycles. The van der Waals surface area contributed by atoms with Gasteiger partial charge in [0.05, 0.1) is 7.11 Å². The van der Waals surface area contributed by atoms with Crippen LogP contribution in [-0.4, -0.2) is 12.3 Å². The van der Waals surface area contributed by atoms with Crippen molar-refractivity contribution in [2.75, 3.05) is 7.11 Å². The first-order valence-electron chi connectivity index (χ1n) is 3.37. The second-order valence-corrected chi connectivity index (χ2v) is 2.15. The van der Waals surface area contributed by atoms with Gasteiger partial charge in [0.1, 0.15) is 5.75 Å². The minimum Gasteiger partial charge on any atom is -0.496 e. The van der Waals surface area contributed by atoms with Crippen LogP contribution in [0, 0.1) is 0 Å². The lowest BCUT2D eigenvalue weighted by atomic mass is 10.2. The molecular formula is C8H11NO2. The third kappa shape index (κ3) is 1.93. The van der Waals surface area contributed by atoms with Gasteiger partial charge in [-0.15, -0.1) is 0 Å². The van der Waals surface area contributed by atoms with Gasteiger partial charge in [-0.25, -0.2) is 5.48 Å². The van der Waals surface area contributed by atoms with Crippen molar-refractivity contribution in [3.63, 3.8) is 0 Å². The highest BCUT2D eigenvalue weighted by Crippen LogP contribution is 2.16. The first-order chi connectivity index (χ1) is 5.38. The number of hydrogen-bond acceptors (Lipinski definition) is 3. The molecule has 0 amide bonds. The Balaban J connectivity index is 2.83. The number of hydrogen-bond donors (Lipinski definition) is 2. The van der Waals surface area contributed by atoms with Gasteiger partial charge in [-0.1, -0.05) is 18.2 Å². The minimum atomic E-state index is 0.407. The molecule has 3 nitrogen and oxygen atoms in total. The van der Waals surface area contributed by atoms with E-state index in [0.29, 0.717) is 6.54 Å². The Bertz CT molecular complexity index is 225. The summed E-state index contributed by atoms with van der Waals surface area (Å²) in [5.41, 5.74) is 3.02. The molecule has 1 aromatic rings. The fourth-order valence-corrected chi connectivity index (χ4v) is 0.934. The summed E-state index contributed by atoms with van der Waals surface area (Å²) >= 11 is 0. The summed E-state index contributed by atoms with van der Waals surface area (Å²) in [6.45, 7) is 0.407. The van der Waals surface area contributed by atoms with Crippen LogP contribution in [-0.2, 0) is 6.54 Å².